The van der Waals surface area contributed by atoms with Crippen LogP contribution in [0.15, 0.2) is 11.4 Å². The SMILES string of the molecule is CCC(NC(=O)NCC(C)Cn1nc(C)cc1C)c1nc(C)cs1. The van der Waals surface area contributed by atoms with Crippen molar-refractivity contribution < 1.29 is 4.79 Å². The number of rotatable bonds is 7. The van der Waals surface area contributed by atoms with Gasteiger partial charge in [-0.1, -0.05) is 13.8 Å². The maximum absolute atomic E-state index is 12.2. The third kappa shape index (κ3) is 5.06. The molecule has 0 saturated heterocycles. The molecule has 0 radical (unpaired) electrons. The van der Waals surface area contributed by atoms with Gasteiger partial charge in [-0.3, -0.25) is 4.68 Å². The lowest BCUT2D eigenvalue weighted by Crippen LogP contribution is -2.40. The van der Waals surface area contributed by atoms with Crippen LogP contribution in [0.5, 0.6) is 0 Å². The normalized spacial score (nSPS) is 13.5. The number of nitrogens with zero attached hydrogens (tertiary/aromatic N) is 3. The molecule has 0 aliphatic rings. The number of amides is 2. The second kappa shape index (κ2) is 8.28. The van der Waals surface area contributed by atoms with Gasteiger partial charge in [0.05, 0.1) is 11.7 Å². The summed E-state index contributed by atoms with van der Waals surface area (Å²) in [5.41, 5.74) is 3.16. The Labute approximate surface area is 147 Å². The smallest absolute Gasteiger partial charge is 0.315 e. The van der Waals surface area contributed by atoms with Gasteiger partial charge in [0.15, 0.2) is 0 Å². The minimum atomic E-state index is -0.144. The van der Waals surface area contributed by atoms with Crippen LogP contribution in [-0.2, 0) is 6.54 Å². The first-order valence-corrected chi connectivity index (χ1v) is 9.24. The lowest BCUT2D eigenvalue weighted by Gasteiger charge is -2.17. The van der Waals surface area contributed by atoms with E-state index in [-0.39, 0.29) is 12.1 Å². The van der Waals surface area contributed by atoms with E-state index in [1.54, 1.807) is 11.3 Å². The van der Waals surface area contributed by atoms with Crippen LogP contribution in [0.25, 0.3) is 0 Å². The van der Waals surface area contributed by atoms with Gasteiger partial charge in [-0.2, -0.15) is 5.10 Å². The molecule has 0 aliphatic carbocycles. The molecule has 2 N–H and O–H groups in total. The molecule has 7 heteroatoms. The van der Waals surface area contributed by atoms with Gasteiger partial charge >= 0.3 is 6.03 Å². The number of carbonyl (C=O) groups excluding carboxylic acids is 1. The molecule has 0 fully saturated rings. The largest absolute Gasteiger partial charge is 0.338 e. The second-order valence-electron chi connectivity index (χ2n) is 6.36. The summed E-state index contributed by atoms with van der Waals surface area (Å²) >= 11 is 1.59. The number of thiazole rings is 1. The third-order valence-corrected chi connectivity index (χ3v) is 4.92. The van der Waals surface area contributed by atoms with Gasteiger partial charge < -0.3 is 10.6 Å². The summed E-state index contributed by atoms with van der Waals surface area (Å²) in [5.74, 6) is 0.302. The zero-order valence-corrected chi connectivity index (χ0v) is 15.9. The lowest BCUT2D eigenvalue weighted by molar-refractivity contribution is 0.234. The maximum Gasteiger partial charge on any atom is 0.315 e. The van der Waals surface area contributed by atoms with E-state index in [2.05, 4.69) is 40.6 Å². The summed E-state index contributed by atoms with van der Waals surface area (Å²) in [7, 11) is 0. The number of aryl methyl sites for hydroxylation is 3. The molecule has 6 nitrogen and oxygen atoms in total. The summed E-state index contributed by atoms with van der Waals surface area (Å²) in [5, 5.41) is 13.4. The van der Waals surface area contributed by atoms with E-state index in [4.69, 9.17) is 0 Å². The van der Waals surface area contributed by atoms with Crippen molar-refractivity contribution in [3.63, 3.8) is 0 Å². The van der Waals surface area contributed by atoms with Gasteiger partial charge in [-0.25, -0.2) is 9.78 Å². The molecule has 2 amide bonds. The van der Waals surface area contributed by atoms with Gasteiger partial charge in [0.25, 0.3) is 0 Å². The molecule has 0 aromatic carbocycles. The molecule has 0 aliphatic heterocycles. The van der Waals surface area contributed by atoms with Crippen LogP contribution >= 0.6 is 11.3 Å². The number of nitrogens with one attached hydrogen (secondary N) is 2. The molecule has 0 bridgehead atoms. The molecule has 24 heavy (non-hydrogen) atoms. The Kier molecular flexibility index (Phi) is 6.36. The Bertz CT molecular complexity index is 678. The molecule has 0 saturated carbocycles. The minimum Gasteiger partial charge on any atom is -0.338 e. The molecule has 132 valence electrons. The minimum absolute atomic E-state index is 0.0324. The van der Waals surface area contributed by atoms with E-state index in [9.17, 15) is 4.79 Å². The Hall–Kier alpha value is -1.89. The van der Waals surface area contributed by atoms with E-state index >= 15 is 0 Å². The average molecular weight is 350 g/mol. The summed E-state index contributed by atoms with van der Waals surface area (Å²) in [6.45, 7) is 11.6. The van der Waals surface area contributed by atoms with Crippen LogP contribution in [-0.4, -0.2) is 27.3 Å². The molecule has 2 aromatic rings. The first kappa shape index (κ1) is 18.4. The average Bonchev–Trinajstić information content (AvgIpc) is 3.08. The molecule has 2 rings (SSSR count). The Balaban J connectivity index is 1.80. The number of hydrogen-bond donors (Lipinski definition) is 2. The molecule has 2 atom stereocenters. The van der Waals surface area contributed by atoms with Crippen molar-refractivity contribution in [1.29, 1.82) is 0 Å². The predicted octanol–water partition coefficient (Wildman–Crippen LogP) is 3.35. The number of hydrogen-bond acceptors (Lipinski definition) is 4. The molecule has 0 spiro atoms. The third-order valence-electron chi connectivity index (χ3n) is 3.85. The first-order valence-electron chi connectivity index (χ1n) is 8.36. The highest BCUT2D eigenvalue weighted by molar-refractivity contribution is 7.09. The van der Waals surface area contributed by atoms with Gasteiger partial charge in [0.2, 0.25) is 0 Å². The lowest BCUT2D eigenvalue weighted by atomic mass is 10.2. The van der Waals surface area contributed by atoms with Crippen molar-refractivity contribution in [3.8, 4) is 0 Å². The van der Waals surface area contributed by atoms with E-state index in [1.807, 2.05) is 30.8 Å². The molecule has 2 aromatic heterocycles. The molecular formula is C17H27N5OS. The zero-order chi connectivity index (χ0) is 17.7. The van der Waals surface area contributed by atoms with Crippen LogP contribution in [0, 0.1) is 26.7 Å². The molecular weight excluding hydrogens is 322 g/mol. The van der Waals surface area contributed by atoms with Gasteiger partial charge in [0.1, 0.15) is 5.01 Å². The van der Waals surface area contributed by atoms with Gasteiger partial charge in [0, 0.05) is 29.9 Å². The molecule has 2 heterocycles. The molecule has 2 unspecified atom stereocenters. The van der Waals surface area contributed by atoms with Crippen molar-refractivity contribution in [2.75, 3.05) is 6.54 Å². The standard InChI is InChI=1S/C17H27N5OS/c1-6-15(16-19-13(4)10-24-16)20-17(23)18-8-11(2)9-22-14(5)7-12(3)21-22/h7,10-11,15H,6,8-9H2,1-5H3,(H2,18,20,23). The van der Waals surface area contributed by atoms with E-state index in [0.29, 0.717) is 12.5 Å². The predicted molar refractivity (Wildman–Crippen MR) is 97.3 cm³/mol. The fourth-order valence-electron chi connectivity index (χ4n) is 2.57. The maximum atomic E-state index is 12.2. The van der Waals surface area contributed by atoms with Crippen LogP contribution < -0.4 is 10.6 Å². The summed E-state index contributed by atoms with van der Waals surface area (Å²) in [6.07, 6.45) is 0.821. The van der Waals surface area contributed by atoms with Crippen molar-refractivity contribution >= 4 is 17.4 Å². The fourth-order valence-corrected chi connectivity index (χ4v) is 3.50. The van der Waals surface area contributed by atoms with E-state index in [0.717, 1.165) is 35.1 Å². The summed E-state index contributed by atoms with van der Waals surface area (Å²) in [6, 6.07) is 1.89. The topological polar surface area (TPSA) is 71.8 Å². The second-order valence-corrected chi connectivity index (χ2v) is 7.25. The monoisotopic (exact) mass is 349 g/mol. The van der Waals surface area contributed by atoms with Crippen molar-refractivity contribution in [3.05, 3.63) is 33.5 Å². The highest BCUT2D eigenvalue weighted by Gasteiger charge is 2.16. The van der Waals surface area contributed by atoms with Crippen LogP contribution in [0.2, 0.25) is 0 Å². The van der Waals surface area contributed by atoms with Crippen molar-refractivity contribution in [2.24, 2.45) is 5.92 Å². The van der Waals surface area contributed by atoms with Crippen LogP contribution in [0.4, 0.5) is 4.79 Å². The Morgan fingerprint density at radius 2 is 2.08 bits per heavy atom. The summed E-state index contributed by atoms with van der Waals surface area (Å²) < 4.78 is 1.99. The summed E-state index contributed by atoms with van der Waals surface area (Å²) in [4.78, 5) is 16.6. The highest BCUT2D eigenvalue weighted by atomic mass is 32.1. The van der Waals surface area contributed by atoms with Crippen molar-refractivity contribution in [1.82, 2.24) is 25.4 Å². The van der Waals surface area contributed by atoms with Crippen LogP contribution in [0.3, 0.4) is 0 Å². The van der Waals surface area contributed by atoms with Crippen LogP contribution in [0.1, 0.15) is 48.4 Å². The van der Waals surface area contributed by atoms with E-state index < -0.39 is 0 Å². The van der Waals surface area contributed by atoms with E-state index in [1.165, 1.54) is 0 Å². The highest BCUT2D eigenvalue weighted by Crippen LogP contribution is 2.20. The number of carbonyl (C=O) groups is 1. The zero-order valence-electron chi connectivity index (χ0n) is 15.1. The van der Waals surface area contributed by atoms with Gasteiger partial charge in [-0.05, 0) is 39.2 Å². The van der Waals surface area contributed by atoms with Crippen molar-refractivity contribution in [2.45, 2.75) is 53.6 Å². The number of urea groups is 1. The van der Waals surface area contributed by atoms with Gasteiger partial charge in [-0.15, -0.1) is 11.3 Å². The Morgan fingerprint density at radius 1 is 1.33 bits per heavy atom. The number of aromatic nitrogens is 3. The fraction of sp³-hybridized carbons (Fsp3) is 0.588. The quantitative estimate of drug-likeness (QED) is 0.805. The first-order chi connectivity index (χ1) is 11.4. The Morgan fingerprint density at radius 3 is 2.62 bits per heavy atom.